The zero-order chi connectivity index (χ0) is 17.0. The second kappa shape index (κ2) is 6.96. The summed E-state index contributed by atoms with van der Waals surface area (Å²) in [4.78, 5) is 2.01. The van der Waals surface area contributed by atoms with E-state index in [1.165, 1.54) is 20.2 Å². The van der Waals surface area contributed by atoms with Crippen LogP contribution in [0, 0.1) is 11.3 Å². The lowest BCUT2D eigenvalue weighted by Gasteiger charge is -2.15. The third kappa shape index (κ3) is 4.20. The van der Waals surface area contributed by atoms with Crippen molar-refractivity contribution in [1.82, 2.24) is 9.21 Å². The van der Waals surface area contributed by atoms with Crippen LogP contribution in [0.15, 0.2) is 45.9 Å². The van der Waals surface area contributed by atoms with E-state index >= 15 is 0 Å². The molecule has 0 bridgehead atoms. The standard InChI is InChI=1S/C16H19N3O3S/c1-18(2)23(20,21)16-9-8-15(22-16)12-19(3)11-14-6-4-13(10-17)5-7-14/h4-9H,11-12H2,1-3H3. The van der Waals surface area contributed by atoms with Crippen molar-refractivity contribution >= 4 is 10.0 Å². The van der Waals surface area contributed by atoms with E-state index in [2.05, 4.69) is 6.07 Å². The molecule has 0 unspecified atom stereocenters. The number of rotatable bonds is 6. The van der Waals surface area contributed by atoms with Crippen LogP contribution >= 0.6 is 0 Å². The van der Waals surface area contributed by atoms with Gasteiger partial charge in [-0.15, -0.1) is 0 Å². The summed E-state index contributed by atoms with van der Waals surface area (Å²) >= 11 is 0. The zero-order valence-corrected chi connectivity index (χ0v) is 14.2. The van der Waals surface area contributed by atoms with Crippen LogP contribution in [0.4, 0.5) is 0 Å². The molecule has 122 valence electrons. The average Bonchev–Trinajstić information content (AvgIpc) is 2.97. The van der Waals surface area contributed by atoms with Crippen LogP contribution in [0.5, 0.6) is 0 Å². The minimum Gasteiger partial charge on any atom is -0.447 e. The fourth-order valence-electron chi connectivity index (χ4n) is 2.08. The van der Waals surface area contributed by atoms with Crippen molar-refractivity contribution in [3.8, 4) is 6.07 Å². The van der Waals surface area contributed by atoms with E-state index in [1.54, 1.807) is 18.2 Å². The van der Waals surface area contributed by atoms with Crippen LogP contribution in [0.1, 0.15) is 16.9 Å². The third-order valence-electron chi connectivity index (χ3n) is 3.33. The summed E-state index contributed by atoms with van der Waals surface area (Å²) in [5.41, 5.74) is 1.69. The number of hydrogen-bond acceptors (Lipinski definition) is 5. The predicted molar refractivity (Wildman–Crippen MR) is 85.9 cm³/mol. The second-order valence-electron chi connectivity index (χ2n) is 5.49. The Morgan fingerprint density at radius 1 is 1.04 bits per heavy atom. The molecule has 1 aromatic carbocycles. The molecule has 0 saturated carbocycles. The number of furan rings is 1. The highest BCUT2D eigenvalue weighted by Crippen LogP contribution is 2.18. The largest absolute Gasteiger partial charge is 0.447 e. The van der Waals surface area contributed by atoms with Gasteiger partial charge in [0.1, 0.15) is 5.76 Å². The molecule has 0 amide bonds. The first kappa shape index (κ1) is 17.2. The molecule has 0 fully saturated rings. The molecule has 6 nitrogen and oxygen atoms in total. The topological polar surface area (TPSA) is 77.5 Å². The molecular formula is C16H19N3O3S. The number of nitriles is 1. The molecule has 0 radical (unpaired) electrons. The van der Waals surface area contributed by atoms with Crippen molar-refractivity contribution in [2.24, 2.45) is 0 Å². The van der Waals surface area contributed by atoms with Crippen molar-refractivity contribution in [2.75, 3.05) is 21.1 Å². The maximum Gasteiger partial charge on any atom is 0.275 e. The van der Waals surface area contributed by atoms with E-state index in [1.807, 2.05) is 24.1 Å². The maximum absolute atomic E-state index is 12.0. The van der Waals surface area contributed by atoms with Gasteiger partial charge in [-0.3, -0.25) is 4.90 Å². The number of benzene rings is 1. The van der Waals surface area contributed by atoms with Crippen LogP contribution in [-0.2, 0) is 23.1 Å². The number of hydrogen-bond donors (Lipinski definition) is 0. The Labute approximate surface area is 136 Å². The molecule has 0 atom stereocenters. The summed E-state index contributed by atoms with van der Waals surface area (Å²) in [6, 6.07) is 12.6. The van der Waals surface area contributed by atoms with Gasteiger partial charge in [-0.1, -0.05) is 12.1 Å². The first-order chi connectivity index (χ1) is 10.8. The normalized spacial score (nSPS) is 11.8. The molecule has 0 N–H and O–H groups in total. The van der Waals surface area contributed by atoms with Gasteiger partial charge in [0.15, 0.2) is 0 Å². The van der Waals surface area contributed by atoms with Crippen LogP contribution in [-0.4, -0.2) is 38.8 Å². The van der Waals surface area contributed by atoms with E-state index in [4.69, 9.17) is 9.68 Å². The molecule has 0 saturated heterocycles. The van der Waals surface area contributed by atoms with Crippen molar-refractivity contribution in [3.05, 3.63) is 53.3 Å². The van der Waals surface area contributed by atoms with E-state index in [0.29, 0.717) is 24.4 Å². The highest BCUT2D eigenvalue weighted by molar-refractivity contribution is 7.88. The van der Waals surface area contributed by atoms with Gasteiger partial charge in [0.2, 0.25) is 5.09 Å². The quantitative estimate of drug-likeness (QED) is 0.808. The Morgan fingerprint density at radius 3 is 2.26 bits per heavy atom. The van der Waals surface area contributed by atoms with E-state index < -0.39 is 10.0 Å². The summed E-state index contributed by atoms with van der Waals surface area (Å²) in [5, 5.41) is 8.74. The molecule has 1 heterocycles. The molecule has 23 heavy (non-hydrogen) atoms. The van der Waals surface area contributed by atoms with Gasteiger partial charge in [0.05, 0.1) is 18.2 Å². The Morgan fingerprint density at radius 2 is 1.70 bits per heavy atom. The lowest BCUT2D eigenvalue weighted by molar-refractivity contribution is 0.274. The Balaban J connectivity index is 2.02. The van der Waals surface area contributed by atoms with Crippen LogP contribution in [0.3, 0.4) is 0 Å². The fourth-order valence-corrected chi connectivity index (χ4v) is 2.89. The van der Waals surface area contributed by atoms with Gasteiger partial charge in [-0.05, 0) is 36.9 Å². The smallest absolute Gasteiger partial charge is 0.275 e. The Kier molecular flexibility index (Phi) is 5.21. The van der Waals surface area contributed by atoms with Gasteiger partial charge >= 0.3 is 0 Å². The maximum atomic E-state index is 12.0. The molecule has 2 rings (SSSR count). The summed E-state index contributed by atoms with van der Waals surface area (Å²) in [6.07, 6.45) is 0. The predicted octanol–water partition coefficient (Wildman–Crippen LogP) is 2.03. The molecule has 1 aromatic heterocycles. The monoisotopic (exact) mass is 333 g/mol. The third-order valence-corrected chi connectivity index (χ3v) is 5.02. The average molecular weight is 333 g/mol. The molecule has 0 aliphatic carbocycles. The second-order valence-corrected chi connectivity index (χ2v) is 7.57. The molecule has 2 aromatic rings. The molecule has 0 spiro atoms. The van der Waals surface area contributed by atoms with Crippen molar-refractivity contribution in [1.29, 1.82) is 5.26 Å². The fraction of sp³-hybridized carbons (Fsp3) is 0.312. The highest BCUT2D eigenvalue weighted by Gasteiger charge is 2.21. The SMILES string of the molecule is CN(Cc1ccc(C#N)cc1)Cc1ccc(S(=O)(=O)N(C)C)o1. The molecular weight excluding hydrogens is 314 g/mol. The van der Waals surface area contributed by atoms with E-state index in [0.717, 1.165) is 9.87 Å². The van der Waals surface area contributed by atoms with Crippen LogP contribution < -0.4 is 0 Å². The van der Waals surface area contributed by atoms with Crippen LogP contribution in [0.2, 0.25) is 0 Å². The van der Waals surface area contributed by atoms with Crippen molar-refractivity contribution in [2.45, 2.75) is 18.2 Å². The van der Waals surface area contributed by atoms with Gasteiger partial charge in [-0.2, -0.15) is 5.26 Å². The van der Waals surface area contributed by atoms with Crippen LogP contribution in [0.25, 0.3) is 0 Å². The van der Waals surface area contributed by atoms with E-state index in [-0.39, 0.29) is 5.09 Å². The van der Waals surface area contributed by atoms with E-state index in [9.17, 15) is 8.42 Å². The number of sulfonamides is 1. The van der Waals surface area contributed by atoms with Gasteiger partial charge in [-0.25, -0.2) is 12.7 Å². The Hall–Kier alpha value is -2.14. The van der Waals surface area contributed by atoms with Gasteiger partial charge in [0, 0.05) is 20.6 Å². The summed E-state index contributed by atoms with van der Waals surface area (Å²) in [6.45, 7) is 1.16. The first-order valence-corrected chi connectivity index (χ1v) is 8.46. The molecule has 0 aliphatic rings. The minimum absolute atomic E-state index is 0.0516. The Bertz CT molecular complexity index is 802. The zero-order valence-electron chi connectivity index (χ0n) is 13.4. The summed E-state index contributed by atoms with van der Waals surface area (Å²) < 4.78 is 30.5. The minimum atomic E-state index is -3.54. The first-order valence-electron chi connectivity index (χ1n) is 7.02. The van der Waals surface area contributed by atoms with Gasteiger partial charge < -0.3 is 4.42 Å². The molecule has 7 heteroatoms. The number of nitrogens with zero attached hydrogens (tertiary/aromatic N) is 3. The molecule has 0 aliphatic heterocycles. The van der Waals surface area contributed by atoms with Crippen molar-refractivity contribution < 1.29 is 12.8 Å². The van der Waals surface area contributed by atoms with Gasteiger partial charge in [0.25, 0.3) is 10.0 Å². The highest BCUT2D eigenvalue weighted by atomic mass is 32.2. The lowest BCUT2D eigenvalue weighted by atomic mass is 10.1. The summed E-state index contributed by atoms with van der Waals surface area (Å²) in [5.74, 6) is 0.585. The van der Waals surface area contributed by atoms with Crippen molar-refractivity contribution in [3.63, 3.8) is 0 Å². The summed E-state index contributed by atoms with van der Waals surface area (Å²) in [7, 11) is 1.31. The lowest BCUT2D eigenvalue weighted by Crippen LogP contribution is -2.21.